The van der Waals surface area contributed by atoms with Crippen LogP contribution in [0, 0.1) is 0 Å². The molecule has 0 amide bonds. The molecule has 0 aliphatic rings. The molecule has 5 nitrogen and oxygen atoms in total. The van der Waals surface area contributed by atoms with Crippen LogP contribution < -0.4 is 10.9 Å². The van der Waals surface area contributed by atoms with Crippen molar-refractivity contribution in [2.75, 3.05) is 11.9 Å². The van der Waals surface area contributed by atoms with Crippen LogP contribution >= 0.6 is 11.8 Å². The van der Waals surface area contributed by atoms with Crippen LogP contribution in [0.4, 0.5) is 5.82 Å². The molecule has 0 fully saturated rings. The molecule has 0 spiro atoms. The molecule has 6 heteroatoms. The summed E-state index contributed by atoms with van der Waals surface area (Å²) in [6.07, 6.45) is 3.33. The van der Waals surface area contributed by atoms with E-state index in [9.17, 15) is 4.79 Å². The van der Waals surface area contributed by atoms with Gasteiger partial charge in [0.05, 0.1) is 0 Å². The van der Waals surface area contributed by atoms with Gasteiger partial charge in [0.1, 0.15) is 5.82 Å². The van der Waals surface area contributed by atoms with E-state index in [4.69, 9.17) is 0 Å². The molecule has 0 unspecified atom stereocenters. The Morgan fingerprint density at radius 2 is 2.22 bits per heavy atom. The number of aromatic nitrogens is 3. The molecule has 94 valence electrons. The second kappa shape index (κ2) is 6.20. The largest absolute Gasteiger partial charge is 0.370 e. The van der Waals surface area contributed by atoms with Gasteiger partial charge in [-0.05, 0) is 18.6 Å². The first-order valence-corrected chi connectivity index (χ1v) is 6.63. The number of rotatable bonds is 5. The van der Waals surface area contributed by atoms with Crippen LogP contribution in [0.1, 0.15) is 12.5 Å². The molecule has 0 radical (unpaired) electrons. The topological polar surface area (TPSA) is 70.7 Å². The molecular weight excluding hydrogens is 248 g/mol. The summed E-state index contributed by atoms with van der Waals surface area (Å²) in [6, 6.07) is 5.36. The summed E-state index contributed by atoms with van der Waals surface area (Å²) in [5.74, 6) is 1.60. The van der Waals surface area contributed by atoms with Crippen molar-refractivity contribution in [2.45, 2.75) is 17.8 Å². The minimum atomic E-state index is -0.131. The maximum Gasteiger partial charge on any atom is 0.251 e. The summed E-state index contributed by atoms with van der Waals surface area (Å²) in [5.41, 5.74) is 0.960. The average Bonchev–Trinajstić information content (AvgIpc) is 2.38. The Kier molecular flexibility index (Phi) is 4.35. The van der Waals surface area contributed by atoms with E-state index in [1.54, 1.807) is 0 Å². The molecule has 0 saturated carbocycles. The second-order valence-electron chi connectivity index (χ2n) is 3.61. The van der Waals surface area contributed by atoms with Gasteiger partial charge < -0.3 is 10.3 Å². The lowest BCUT2D eigenvalue weighted by Crippen LogP contribution is -2.05. The lowest BCUT2D eigenvalue weighted by Gasteiger charge is -2.03. The smallest absolute Gasteiger partial charge is 0.251 e. The lowest BCUT2D eigenvalue weighted by atomic mass is 10.3. The molecule has 0 atom stereocenters. The van der Waals surface area contributed by atoms with E-state index in [-0.39, 0.29) is 5.56 Å². The molecular formula is C12H14N4OS. The molecule has 2 heterocycles. The summed E-state index contributed by atoms with van der Waals surface area (Å²) in [4.78, 5) is 22.1. The Hall–Kier alpha value is -1.82. The fraction of sp³-hybridized carbons (Fsp3) is 0.250. The van der Waals surface area contributed by atoms with Gasteiger partial charge in [-0.15, -0.1) is 0 Å². The predicted molar refractivity (Wildman–Crippen MR) is 72.8 cm³/mol. The van der Waals surface area contributed by atoms with E-state index in [2.05, 4.69) is 20.3 Å². The van der Waals surface area contributed by atoms with E-state index < -0.39 is 0 Å². The first-order valence-electron chi connectivity index (χ1n) is 5.65. The van der Waals surface area contributed by atoms with E-state index in [0.29, 0.717) is 5.16 Å². The fourth-order valence-electron chi connectivity index (χ4n) is 1.37. The first kappa shape index (κ1) is 12.6. The van der Waals surface area contributed by atoms with Gasteiger partial charge >= 0.3 is 0 Å². The molecule has 2 aromatic heterocycles. The van der Waals surface area contributed by atoms with Crippen LogP contribution in [0.3, 0.4) is 0 Å². The van der Waals surface area contributed by atoms with E-state index in [0.717, 1.165) is 23.7 Å². The van der Waals surface area contributed by atoms with E-state index >= 15 is 0 Å². The third kappa shape index (κ3) is 3.59. The van der Waals surface area contributed by atoms with Crippen molar-refractivity contribution in [3.05, 3.63) is 46.5 Å². The maximum absolute atomic E-state index is 11.1. The molecule has 2 N–H and O–H groups in total. The van der Waals surface area contributed by atoms with E-state index in [1.807, 2.05) is 25.3 Å². The monoisotopic (exact) mass is 262 g/mol. The SMILES string of the molecule is CCNc1ccc(CSc2nccc(=O)[nH]2)cn1. The number of nitrogens with one attached hydrogen (secondary N) is 2. The highest BCUT2D eigenvalue weighted by Crippen LogP contribution is 2.17. The van der Waals surface area contributed by atoms with Crippen molar-refractivity contribution in [1.29, 1.82) is 0 Å². The van der Waals surface area contributed by atoms with Crippen LogP contribution in [0.15, 0.2) is 40.5 Å². The Bertz CT molecular complexity index is 553. The fourth-order valence-corrected chi connectivity index (χ4v) is 2.15. The molecule has 0 aliphatic heterocycles. The number of H-pyrrole nitrogens is 1. The van der Waals surface area contributed by atoms with Gasteiger partial charge in [-0.3, -0.25) is 4.79 Å². The second-order valence-corrected chi connectivity index (χ2v) is 4.57. The Balaban J connectivity index is 1.95. The zero-order valence-electron chi connectivity index (χ0n) is 10.0. The number of aromatic amines is 1. The summed E-state index contributed by atoms with van der Waals surface area (Å²) in [6.45, 7) is 2.89. The summed E-state index contributed by atoms with van der Waals surface area (Å²) in [5, 5.41) is 3.76. The van der Waals surface area contributed by atoms with Crippen molar-refractivity contribution in [1.82, 2.24) is 15.0 Å². The first-order chi connectivity index (χ1) is 8.78. The minimum absolute atomic E-state index is 0.131. The number of thioether (sulfide) groups is 1. The van der Waals surface area contributed by atoms with Crippen LogP contribution in [-0.2, 0) is 5.75 Å². The Labute approximate surface area is 109 Å². The van der Waals surface area contributed by atoms with Crippen molar-refractivity contribution in [3.63, 3.8) is 0 Å². The highest BCUT2D eigenvalue weighted by molar-refractivity contribution is 7.98. The van der Waals surface area contributed by atoms with Crippen LogP contribution in [0.2, 0.25) is 0 Å². The molecule has 0 aliphatic carbocycles. The van der Waals surface area contributed by atoms with Crippen LogP contribution in [0.5, 0.6) is 0 Å². The van der Waals surface area contributed by atoms with Gasteiger partial charge in [0.15, 0.2) is 5.16 Å². The minimum Gasteiger partial charge on any atom is -0.370 e. The Morgan fingerprint density at radius 1 is 1.33 bits per heavy atom. The zero-order chi connectivity index (χ0) is 12.8. The third-order valence-corrected chi connectivity index (χ3v) is 3.16. The number of anilines is 1. The number of nitrogens with zero attached hydrogens (tertiary/aromatic N) is 2. The van der Waals surface area contributed by atoms with Gasteiger partial charge in [-0.2, -0.15) is 0 Å². The highest BCUT2D eigenvalue weighted by Gasteiger charge is 1.99. The van der Waals surface area contributed by atoms with Crippen LogP contribution in [0.25, 0.3) is 0 Å². The van der Waals surface area contributed by atoms with Crippen molar-refractivity contribution >= 4 is 17.6 Å². The Morgan fingerprint density at radius 3 is 2.89 bits per heavy atom. The van der Waals surface area contributed by atoms with Gasteiger partial charge in [0.2, 0.25) is 0 Å². The van der Waals surface area contributed by atoms with Gasteiger partial charge in [-0.1, -0.05) is 17.8 Å². The van der Waals surface area contributed by atoms with Crippen LogP contribution in [-0.4, -0.2) is 21.5 Å². The molecule has 0 saturated heterocycles. The number of hydrogen-bond donors (Lipinski definition) is 2. The standard InChI is InChI=1S/C12H14N4OS/c1-2-13-10-4-3-9(7-15-10)8-18-12-14-6-5-11(17)16-12/h3-7H,2,8H2,1H3,(H,13,15)(H,14,16,17). The van der Waals surface area contributed by atoms with Gasteiger partial charge in [0, 0.05) is 30.8 Å². The zero-order valence-corrected chi connectivity index (χ0v) is 10.8. The summed E-state index contributed by atoms with van der Waals surface area (Å²) in [7, 11) is 0. The van der Waals surface area contributed by atoms with Crippen molar-refractivity contribution in [2.24, 2.45) is 0 Å². The van der Waals surface area contributed by atoms with Gasteiger partial charge in [-0.25, -0.2) is 9.97 Å². The third-order valence-electron chi connectivity index (χ3n) is 2.21. The van der Waals surface area contributed by atoms with Gasteiger partial charge in [0.25, 0.3) is 5.56 Å². The van der Waals surface area contributed by atoms with Crippen molar-refractivity contribution < 1.29 is 0 Å². The quantitative estimate of drug-likeness (QED) is 0.636. The molecule has 2 aromatic rings. The normalized spacial score (nSPS) is 10.3. The molecule has 18 heavy (non-hydrogen) atoms. The molecule has 2 rings (SSSR count). The molecule has 0 bridgehead atoms. The van der Waals surface area contributed by atoms with E-state index in [1.165, 1.54) is 24.0 Å². The highest BCUT2D eigenvalue weighted by atomic mass is 32.2. The number of hydrogen-bond acceptors (Lipinski definition) is 5. The van der Waals surface area contributed by atoms with Crippen molar-refractivity contribution in [3.8, 4) is 0 Å². The lowest BCUT2D eigenvalue weighted by molar-refractivity contribution is 0.936. The summed E-state index contributed by atoms with van der Waals surface area (Å²) >= 11 is 1.48. The molecule has 0 aromatic carbocycles. The predicted octanol–water partition coefficient (Wildman–Crippen LogP) is 1.89. The number of pyridine rings is 1. The summed E-state index contributed by atoms with van der Waals surface area (Å²) < 4.78 is 0. The average molecular weight is 262 g/mol. The maximum atomic E-state index is 11.1.